The van der Waals surface area contributed by atoms with E-state index in [0.29, 0.717) is 12.3 Å². The maximum atomic E-state index is 11.6. The number of rotatable bonds is 11. The van der Waals surface area contributed by atoms with Crippen LogP contribution >= 0.6 is 0 Å². The Kier molecular flexibility index (Phi) is 11.1. The van der Waals surface area contributed by atoms with E-state index in [-0.39, 0.29) is 11.5 Å². The number of sulfonamides is 2. The zero-order chi connectivity index (χ0) is 31.2. The number of aromatic amines is 2. The zero-order valence-electron chi connectivity index (χ0n) is 25.9. The molecule has 2 aromatic carbocycles. The Labute approximate surface area is 256 Å². The van der Waals surface area contributed by atoms with Gasteiger partial charge in [0.15, 0.2) is 0 Å². The summed E-state index contributed by atoms with van der Waals surface area (Å²) in [5.41, 5.74) is 6.60. The molecule has 236 valence electrons. The van der Waals surface area contributed by atoms with E-state index in [9.17, 15) is 16.8 Å². The Morgan fingerprint density at radius 3 is 2.23 bits per heavy atom. The van der Waals surface area contributed by atoms with E-state index in [1.54, 1.807) is 0 Å². The van der Waals surface area contributed by atoms with E-state index < -0.39 is 20.0 Å². The summed E-state index contributed by atoms with van der Waals surface area (Å²) in [6.45, 7) is 3.25. The van der Waals surface area contributed by atoms with Gasteiger partial charge >= 0.3 is 0 Å². The Balaban J connectivity index is 0.000000199. The molecular formula is C31H46N6O4S2. The van der Waals surface area contributed by atoms with E-state index in [4.69, 9.17) is 0 Å². The maximum Gasteiger partial charge on any atom is 0.215 e. The summed E-state index contributed by atoms with van der Waals surface area (Å²) in [6, 6.07) is 14.1. The first-order valence-corrected chi connectivity index (χ1v) is 18.0. The van der Waals surface area contributed by atoms with Gasteiger partial charge < -0.3 is 19.8 Å². The van der Waals surface area contributed by atoms with E-state index in [1.165, 1.54) is 43.6 Å². The second-order valence-electron chi connectivity index (χ2n) is 11.7. The fraction of sp³-hybridized carbons (Fsp3) is 0.484. The van der Waals surface area contributed by atoms with Crippen molar-refractivity contribution < 1.29 is 16.8 Å². The molecule has 1 aliphatic heterocycles. The number of H-pyrrole nitrogens is 2. The number of aromatic nitrogens is 2. The summed E-state index contributed by atoms with van der Waals surface area (Å²) in [5, 5.41) is 2.31. The molecule has 3 heterocycles. The first kappa shape index (κ1) is 33.2. The molecule has 43 heavy (non-hydrogen) atoms. The number of hydrogen-bond donors (Lipinski definition) is 4. The number of benzene rings is 2. The smallest absolute Gasteiger partial charge is 0.215 e. The molecule has 2 aromatic heterocycles. The molecular weight excluding hydrogens is 585 g/mol. The molecule has 4 N–H and O–H groups in total. The van der Waals surface area contributed by atoms with Crippen LogP contribution in [0.1, 0.15) is 41.1 Å². The Bertz CT molecular complexity index is 1720. The van der Waals surface area contributed by atoms with Gasteiger partial charge in [-0.05, 0) is 126 Å². The second-order valence-corrected chi connectivity index (χ2v) is 15.7. The molecule has 10 nitrogen and oxygen atoms in total. The van der Waals surface area contributed by atoms with Gasteiger partial charge in [-0.3, -0.25) is 0 Å². The van der Waals surface area contributed by atoms with Crippen LogP contribution in [0.4, 0.5) is 0 Å². The van der Waals surface area contributed by atoms with Crippen LogP contribution in [0.2, 0.25) is 0 Å². The van der Waals surface area contributed by atoms with Gasteiger partial charge in [0.2, 0.25) is 20.0 Å². The van der Waals surface area contributed by atoms with Crippen LogP contribution in [0.15, 0.2) is 48.7 Å². The van der Waals surface area contributed by atoms with Gasteiger partial charge in [-0.2, -0.15) is 0 Å². The SMILES string of the molecule is CNS(=O)(=O)CCc1ccc2[nH]cc(C3CCN(C)CC3)c2c1.CNS(=O)(=O)Cc1ccc2[nH]c(CCN(C)C)cc2c1. The third-order valence-corrected chi connectivity index (χ3v) is 10.8. The minimum Gasteiger partial charge on any atom is -0.361 e. The molecule has 1 fully saturated rings. The van der Waals surface area contributed by atoms with Crippen molar-refractivity contribution in [3.63, 3.8) is 0 Å². The molecule has 1 aliphatic rings. The van der Waals surface area contributed by atoms with Crippen molar-refractivity contribution in [2.75, 3.05) is 60.6 Å². The molecule has 0 amide bonds. The Morgan fingerprint density at radius 2 is 1.56 bits per heavy atom. The molecule has 0 atom stereocenters. The first-order valence-electron chi connectivity index (χ1n) is 14.7. The quantitative estimate of drug-likeness (QED) is 0.201. The highest BCUT2D eigenvalue weighted by Crippen LogP contribution is 2.33. The molecule has 0 bridgehead atoms. The van der Waals surface area contributed by atoms with E-state index >= 15 is 0 Å². The average Bonchev–Trinajstić information content (AvgIpc) is 3.59. The summed E-state index contributed by atoms with van der Waals surface area (Å²) in [7, 11) is 2.78. The van der Waals surface area contributed by atoms with Crippen molar-refractivity contribution in [2.24, 2.45) is 0 Å². The molecule has 0 aliphatic carbocycles. The van der Waals surface area contributed by atoms with E-state index in [0.717, 1.165) is 53.6 Å². The normalized spacial score (nSPS) is 15.3. The van der Waals surface area contributed by atoms with Gasteiger partial charge in [0.1, 0.15) is 0 Å². The summed E-state index contributed by atoms with van der Waals surface area (Å²) < 4.78 is 51.1. The first-order chi connectivity index (χ1) is 20.4. The third-order valence-electron chi connectivity index (χ3n) is 8.14. The van der Waals surface area contributed by atoms with Crippen molar-refractivity contribution in [1.29, 1.82) is 0 Å². The molecule has 0 spiro atoms. The highest BCUT2D eigenvalue weighted by molar-refractivity contribution is 7.89. The van der Waals surface area contributed by atoms with Gasteiger partial charge in [-0.15, -0.1) is 0 Å². The molecule has 1 saturated heterocycles. The molecule has 0 radical (unpaired) electrons. The molecule has 0 saturated carbocycles. The van der Waals surface area contributed by atoms with Crippen molar-refractivity contribution >= 4 is 41.9 Å². The van der Waals surface area contributed by atoms with Crippen LogP contribution in [0.5, 0.6) is 0 Å². The van der Waals surface area contributed by atoms with Gasteiger partial charge in [-0.25, -0.2) is 26.3 Å². The predicted molar refractivity (Wildman–Crippen MR) is 177 cm³/mol. The lowest BCUT2D eigenvalue weighted by molar-refractivity contribution is 0.256. The monoisotopic (exact) mass is 630 g/mol. The minimum absolute atomic E-state index is 0.0116. The van der Waals surface area contributed by atoms with Crippen molar-refractivity contribution in [3.8, 4) is 0 Å². The van der Waals surface area contributed by atoms with Crippen molar-refractivity contribution in [2.45, 2.75) is 37.4 Å². The van der Waals surface area contributed by atoms with Crippen LogP contribution < -0.4 is 9.44 Å². The van der Waals surface area contributed by atoms with Crippen LogP contribution in [0, 0.1) is 0 Å². The van der Waals surface area contributed by atoms with Crippen LogP contribution in [0.25, 0.3) is 21.8 Å². The average molecular weight is 631 g/mol. The number of nitrogens with one attached hydrogen (secondary N) is 4. The number of likely N-dealkylation sites (N-methyl/N-ethyl adjacent to an activating group) is 1. The van der Waals surface area contributed by atoms with Crippen molar-refractivity contribution in [3.05, 3.63) is 71.0 Å². The minimum atomic E-state index is -3.22. The summed E-state index contributed by atoms with van der Waals surface area (Å²) >= 11 is 0. The van der Waals surface area contributed by atoms with Gasteiger partial charge in [-0.1, -0.05) is 12.1 Å². The lowest BCUT2D eigenvalue weighted by Crippen LogP contribution is -2.29. The second kappa shape index (κ2) is 14.4. The molecule has 12 heteroatoms. The molecule has 5 rings (SSSR count). The van der Waals surface area contributed by atoms with Gasteiger partial charge in [0.25, 0.3) is 0 Å². The lowest BCUT2D eigenvalue weighted by Gasteiger charge is -2.28. The number of fused-ring (bicyclic) bond motifs is 2. The summed E-state index contributed by atoms with van der Waals surface area (Å²) in [4.78, 5) is 11.2. The highest BCUT2D eigenvalue weighted by Gasteiger charge is 2.21. The zero-order valence-corrected chi connectivity index (χ0v) is 27.5. The van der Waals surface area contributed by atoms with Crippen LogP contribution in [0.3, 0.4) is 0 Å². The van der Waals surface area contributed by atoms with E-state index in [2.05, 4.69) is 60.7 Å². The number of hydrogen-bond acceptors (Lipinski definition) is 6. The van der Waals surface area contributed by atoms with Gasteiger partial charge in [0.05, 0.1) is 11.5 Å². The molecule has 4 aromatic rings. The maximum absolute atomic E-state index is 11.6. The molecule has 0 unspecified atom stereocenters. The highest BCUT2D eigenvalue weighted by atomic mass is 32.2. The number of nitrogens with zero attached hydrogens (tertiary/aromatic N) is 2. The van der Waals surface area contributed by atoms with Gasteiger partial charge in [0, 0.05) is 41.3 Å². The van der Waals surface area contributed by atoms with Crippen LogP contribution in [-0.2, 0) is 38.6 Å². The number of aryl methyl sites for hydroxylation is 1. The Hall–Kier alpha value is -2.74. The third kappa shape index (κ3) is 9.37. The fourth-order valence-electron chi connectivity index (χ4n) is 5.46. The van der Waals surface area contributed by atoms with Crippen molar-refractivity contribution in [1.82, 2.24) is 29.2 Å². The Morgan fingerprint density at radius 1 is 0.884 bits per heavy atom. The largest absolute Gasteiger partial charge is 0.361 e. The number of likely N-dealkylation sites (tertiary alicyclic amines) is 1. The summed E-state index contributed by atoms with van der Waals surface area (Å²) in [5.74, 6) is 0.733. The van der Waals surface area contributed by atoms with Crippen LogP contribution in [-0.4, -0.2) is 97.2 Å². The topological polar surface area (TPSA) is 130 Å². The lowest BCUT2D eigenvalue weighted by atomic mass is 9.89. The predicted octanol–water partition coefficient (Wildman–Crippen LogP) is 3.39. The van der Waals surface area contributed by atoms with E-state index in [1.807, 2.05) is 38.4 Å². The fourth-order valence-corrected chi connectivity index (χ4v) is 6.93. The summed E-state index contributed by atoms with van der Waals surface area (Å²) in [6.07, 6.45) is 5.99. The number of piperidine rings is 1. The standard InChI is InChI=1S/C17H25N3O2S.C14H21N3O2S/c1-18-23(21,22)10-7-13-3-4-17-15(11-13)16(12-19-17)14-5-8-20(2)9-6-14;1-15-20(18,19)10-11-4-5-14-12(8-11)9-13(16-14)6-7-17(2)3/h3-4,11-12,14,18-19H,5-10H2,1-2H3;4-5,8-9,15-16H,6-7,10H2,1-3H3.